The maximum absolute atomic E-state index is 5.51. The van der Waals surface area contributed by atoms with Gasteiger partial charge in [-0.15, -0.1) is 0 Å². The van der Waals surface area contributed by atoms with Crippen LogP contribution in [0, 0.1) is 6.92 Å². The molecule has 0 aliphatic carbocycles. The first-order valence-electron chi connectivity index (χ1n) is 3.93. The molecule has 5 heteroatoms. The molecule has 0 saturated heterocycles. The number of rotatable bonds is 2. The number of anilines is 1. The molecule has 0 aliphatic rings. The van der Waals surface area contributed by atoms with Crippen LogP contribution in [-0.4, -0.2) is 14.8 Å². The summed E-state index contributed by atoms with van der Waals surface area (Å²) in [5.74, 6) is 0.662. The quantitative estimate of drug-likeness (QED) is 0.738. The van der Waals surface area contributed by atoms with Crippen LogP contribution in [0.1, 0.15) is 11.6 Å². The van der Waals surface area contributed by atoms with Crippen molar-refractivity contribution >= 4 is 5.69 Å². The number of hydrogen-bond donors (Lipinski definition) is 1. The van der Waals surface area contributed by atoms with Crippen molar-refractivity contribution in [3.8, 4) is 0 Å². The summed E-state index contributed by atoms with van der Waals surface area (Å²) in [4.78, 5) is 4.15. The Kier molecular flexibility index (Phi) is 1.77. The summed E-state index contributed by atoms with van der Waals surface area (Å²) in [5, 5.41) is 4.03. The molecule has 13 heavy (non-hydrogen) atoms. The van der Waals surface area contributed by atoms with Gasteiger partial charge in [0.1, 0.15) is 12.0 Å². The third-order valence-electron chi connectivity index (χ3n) is 1.64. The Hall–Kier alpha value is -1.78. The van der Waals surface area contributed by atoms with E-state index in [1.807, 2.05) is 0 Å². The SMILES string of the molecule is Cc1nc(Cn2cc(N)cn2)co1. The second-order valence-electron chi connectivity index (χ2n) is 2.83. The summed E-state index contributed by atoms with van der Waals surface area (Å²) < 4.78 is 6.77. The molecule has 2 aromatic heterocycles. The molecule has 0 aromatic carbocycles. The summed E-state index contributed by atoms with van der Waals surface area (Å²) in [7, 11) is 0. The van der Waals surface area contributed by atoms with E-state index in [-0.39, 0.29) is 0 Å². The van der Waals surface area contributed by atoms with Gasteiger partial charge < -0.3 is 10.2 Å². The maximum atomic E-state index is 5.51. The molecule has 0 bridgehead atoms. The minimum Gasteiger partial charge on any atom is -0.449 e. The molecule has 2 rings (SSSR count). The van der Waals surface area contributed by atoms with Crippen LogP contribution in [0.2, 0.25) is 0 Å². The number of nitrogen functional groups attached to an aromatic ring is 1. The second-order valence-corrected chi connectivity index (χ2v) is 2.83. The van der Waals surface area contributed by atoms with E-state index in [0.717, 1.165) is 5.69 Å². The first kappa shape index (κ1) is 7.85. The molecule has 0 radical (unpaired) electrons. The third kappa shape index (κ3) is 1.69. The van der Waals surface area contributed by atoms with E-state index in [2.05, 4.69) is 10.1 Å². The van der Waals surface area contributed by atoms with Gasteiger partial charge in [-0.3, -0.25) is 4.68 Å². The molecule has 0 atom stereocenters. The van der Waals surface area contributed by atoms with Gasteiger partial charge in [-0.25, -0.2) is 4.98 Å². The Bertz CT molecular complexity index is 365. The first-order valence-corrected chi connectivity index (χ1v) is 3.93. The van der Waals surface area contributed by atoms with Crippen molar-refractivity contribution in [2.24, 2.45) is 0 Å². The highest BCUT2D eigenvalue weighted by Gasteiger charge is 2.01. The van der Waals surface area contributed by atoms with Crippen LogP contribution >= 0.6 is 0 Å². The summed E-state index contributed by atoms with van der Waals surface area (Å²) >= 11 is 0. The van der Waals surface area contributed by atoms with Crippen LogP contribution in [0.5, 0.6) is 0 Å². The van der Waals surface area contributed by atoms with E-state index in [0.29, 0.717) is 18.1 Å². The maximum Gasteiger partial charge on any atom is 0.191 e. The largest absolute Gasteiger partial charge is 0.449 e. The van der Waals surface area contributed by atoms with Crippen LogP contribution in [0.25, 0.3) is 0 Å². The number of hydrogen-bond acceptors (Lipinski definition) is 4. The van der Waals surface area contributed by atoms with Crippen LogP contribution in [-0.2, 0) is 6.54 Å². The number of nitrogens with two attached hydrogens (primary N) is 1. The van der Waals surface area contributed by atoms with E-state index >= 15 is 0 Å². The van der Waals surface area contributed by atoms with E-state index in [1.165, 1.54) is 0 Å². The van der Waals surface area contributed by atoms with Gasteiger partial charge in [-0.05, 0) is 0 Å². The molecule has 0 saturated carbocycles. The molecule has 0 unspecified atom stereocenters. The normalized spacial score (nSPS) is 10.5. The van der Waals surface area contributed by atoms with Crippen LogP contribution < -0.4 is 5.73 Å². The van der Waals surface area contributed by atoms with Crippen LogP contribution in [0.4, 0.5) is 5.69 Å². The van der Waals surface area contributed by atoms with Crippen molar-refractivity contribution < 1.29 is 4.42 Å². The lowest BCUT2D eigenvalue weighted by molar-refractivity contribution is 0.519. The van der Waals surface area contributed by atoms with E-state index < -0.39 is 0 Å². The van der Waals surface area contributed by atoms with Crippen molar-refractivity contribution in [2.45, 2.75) is 13.5 Å². The molecular formula is C8H10N4O. The molecule has 0 spiro atoms. The highest BCUT2D eigenvalue weighted by Crippen LogP contribution is 2.04. The van der Waals surface area contributed by atoms with Gasteiger partial charge in [0.25, 0.3) is 0 Å². The van der Waals surface area contributed by atoms with Gasteiger partial charge in [0.15, 0.2) is 5.89 Å². The predicted molar refractivity (Wildman–Crippen MR) is 47.0 cm³/mol. The van der Waals surface area contributed by atoms with Gasteiger partial charge in [0, 0.05) is 13.1 Å². The molecular weight excluding hydrogens is 168 g/mol. The molecule has 2 aromatic rings. The average Bonchev–Trinajstić information content (AvgIpc) is 2.62. The molecule has 2 heterocycles. The lowest BCUT2D eigenvalue weighted by atomic mass is 10.5. The minimum atomic E-state index is 0.592. The van der Waals surface area contributed by atoms with Crippen molar-refractivity contribution in [1.29, 1.82) is 0 Å². The fourth-order valence-corrected chi connectivity index (χ4v) is 1.11. The lowest BCUT2D eigenvalue weighted by Crippen LogP contribution is -2.00. The van der Waals surface area contributed by atoms with E-state index in [9.17, 15) is 0 Å². The predicted octanol–water partition coefficient (Wildman–Crippen LogP) is 0.810. The topological polar surface area (TPSA) is 69.9 Å². The van der Waals surface area contributed by atoms with Gasteiger partial charge in [-0.1, -0.05) is 0 Å². The average molecular weight is 178 g/mol. The number of oxazole rings is 1. The number of aromatic nitrogens is 3. The molecule has 5 nitrogen and oxygen atoms in total. The van der Waals surface area contributed by atoms with E-state index in [4.69, 9.17) is 10.2 Å². The smallest absolute Gasteiger partial charge is 0.191 e. The Labute approximate surface area is 75.2 Å². The van der Waals surface area contributed by atoms with Crippen molar-refractivity contribution in [1.82, 2.24) is 14.8 Å². The van der Waals surface area contributed by atoms with Crippen molar-refractivity contribution in [2.75, 3.05) is 5.73 Å². The molecule has 0 fully saturated rings. The third-order valence-corrected chi connectivity index (χ3v) is 1.64. The van der Waals surface area contributed by atoms with Gasteiger partial charge in [-0.2, -0.15) is 5.10 Å². The van der Waals surface area contributed by atoms with Gasteiger partial charge >= 0.3 is 0 Å². The Morgan fingerprint density at radius 2 is 2.46 bits per heavy atom. The minimum absolute atomic E-state index is 0.592. The Balaban J connectivity index is 2.14. The summed E-state index contributed by atoms with van der Waals surface area (Å²) in [6.07, 6.45) is 4.98. The fraction of sp³-hybridized carbons (Fsp3) is 0.250. The fourth-order valence-electron chi connectivity index (χ4n) is 1.11. The van der Waals surface area contributed by atoms with Gasteiger partial charge in [0.05, 0.1) is 18.4 Å². The van der Waals surface area contributed by atoms with Crippen molar-refractivity contribution in [3.05, 3.63) is 30.2 Å². The van der Waals surface area contributed by atoms with Crippen LogP contribution in [0.3, 0.4) is 0 Å². The molecule has 68 valence electrons. The lowest BCUT2D eigenvalue weighted by Gasteiger charge is -1.94. The van der Waals surface area contributed by atoms with E-state index in [1.54, 1.807) is 30.3 Å². The van der Waals surface area contributed by atoms with Crippen LogP contribution in [0.15, 0.2) is 23.1 Å². The number of aryl methyl sites for hydroxylation is 1. The Morgan fingerprint density at radius 3 is 3.00 bits per heavy atom. The first-order chi connectivity index (χ1) is 6.24. The number of nitrogens with zero attached hydrogens (tertiary/aromatic N) is 3. The van der Waals surface area contributed by atoms with Gasteiger partial charge in [0.2, 0.25) is 0 Å². The monoisotopic (exact) mass is 178 g/mol. The molecule has 0 amide bonds. The summed E-state index contributed by atoms with van der Waals surface area (Å²) in [6.45, 7) is 2.40. The summed E-state index contributed by atoms with van der Waals surface area (Å²) in [5.41, 5.74) is 7.01. The molecule has 2 N–H and O–H groups in total. The highest BCUT2D eigenvalue weighted by molar-refractivity contribution is 5.30. The molecule has 0 aliphatic heterocycles. The zero-order valence-corrected chi connectivity index (χ0v) is 7.27. The summed E-state index contributed by atoms with van der Waals surface area (Å²) in [6, 6.07) is 0. The van der Waals surface area contributed by atoms with Crippen molar-refractivity contribution in [3.63, 3.8) is 0 Å². The zero-order chi connectivity index (χ0) is 9.26. The highest BCUT2D eigenvalue weighted by atomic mass is 16.3. The zero-order valence-electron chi connectivity index (χ0n) is 7.27. The Morgan fingerprint density at radius 1 is 1.62 bits per heavy atom. The standard InChI is InChI=1S/C8H10N4O/c1-6-11-8(5-13-6)4-12-3-7(9)2-10-12/h2-3,5H,4,9H2,1H3. The second kappa shape index (κ2) is 2.93.